The first-order chi connectivity index (χ1) is 9.31. The lowest BCUT2D eigenvalue weighted by atomic mass is 10.1. The molecule has 0 radical (unpaired) electrons. The van der Waals surface area contributed by atoms with E-state index in [0.29, 0.717) is 13.0 Å². The summed E-state index contributed by atoms with van der Waals surface area (Å²) in [7, 11) is 0. The minimum Gasteiger partial charge on any atom is -0.463 e. The fraction of sp³-hybridized carbons (Fsp3) is 0.750. The molecule has 0 aliphatic heterocycles. The van der Waals surface area contributed by atoms with Crippen molar-refractivity contribution in [3.63, 3.8) is 0 Å². The summed E-state index contributed by atoms with van der Waals surface area (Å²) in [6, 6.07) is 0. The van der Waals surface area contributed by atoms with Crippen molar-refractivity contribution < 1.29 is 14.3 Å². The Hall–Kier alpha value is -1.12. The van der Waals surface area contributed by atoms with Gasteiger partial charge >= 0.3 is 5.97 Å². The molecule has 0 aromatic rings. The van der Waals surface area contributed by atoms with Gasteiger partial charge in [-0.25, -0.2) is 4.79 Å². The Kier molecular flexibility index (Phi) is 14.1. The number of carbonyl (C=O) groups excluding carboxylic acids is 2. The lowest BCUT2D eigenvalue weighted by Crippen LogP contribution is -1.98. The van der Waals surface area contributed by atoms with Crippen LogP contribution in [-0.4, -0.2) is 18.9 Å². The highest BCUT2D eigenvalue weighted by molar-refractivity contribution is 5.81. The molecule has 19 heavy (non-hydrogen) atoms. The lowest BCUT2D eigenvalue weighted by Gasteiger charge is -2.00. The highest BCUT2D eigenvalue weighted by atomic mass is 16.5. The SMILES string of the molecule is CCOC(=O)/C=C\CCCCCCCCCCC=O. The lowest BCUT2D eigenvalue weighted by molar-refractivity contribution is -0.137. The van der Waals surface area contributed by atoms with Crippen LogP contribution in [0.2, 0.25) is 0 Å². The fourth-order valence-electron chi connectivity index (χ4n) is 1.92. The molecule has 0 unspecified atom stereocenters. The summed E-state index contributed by atoms with van der Waals surface area (Å²) >= 11 is 0. The van der Waals surface area contributed by atoms with E-state index in [1.54, 1.807) is 0 Å². The second-order valence-electron chi connectivity index (χ2n) is 4.73. The molecule has 0 saturated heterocycles. The van der Waals surface area contributed by atoms with Gasteiger partial charge in [-0.05, 0) is 26.2 Å². The highest BCUT2D eigenvalue weighted by Gasteiger charge is 1.93. The van der Waals surface area contributed by atoms with Crippen LogP contribution < -0.4 is 0 Å². The van der Waals surface area contributed by atoms with Crippen LogP contribution in [-0.2, 0) is 14.3 Å². The van der Waals surface area contributed by atoms with Crippen LogP contribution in [0.1, 0.15) is 71.1 Å². The van der Waals surface area contributed by atoms with E-state index in [9.17, 15) is 9.59 Å². The van der Waals surface area contributed by atoms with Crippen molar-refractivity contribution in [2.75, 3.05) is 6.61 Å². The monoisotopic (exact) mass is 268 g/mol. The van der Waals surface area contributed by atoms with E-state index in [0.717, 1.165) is 25.5 Å². The molecular formula is C16H28O3. The van der Waals surface area contributed by atoms with Crippen molar-refractivity contribution >= 4 is 12.3 Å². The largest absolute Gasteiger partial charge is 0.463 e. The summed E-state index contributed by atoms with van der Waals surface area (Å²) in [4.78, 5) is 21.1. The van der Waals surface area contributed by atoms with Crippen LogP contribution >= 0.6 is 0 Å². The molecule has 0 N–H and O–H groups in total. The summed E-state index contributed by atoms with van der Waals surface area (Å²) in [6.07, 6.45) is 15.8. The normalized spacial score (nSPS) is 10.8. The molecule has 0 spiro atoms. The molecule has 0 amide bonds. The number of esters is 1. The van der Waals surface area contributed by atoms with Crippen molar-refractivity contribution in [2.45, 2.75) is 71.1 Å². The van der Waals surface area contributed by atoms with E-state index in [1.807, 2.05) is 13.0 Å². The number of ether oxygens (including phenoxy) is 1. The van der Waals surface area contributed by atoms with Crippen molar-refractivity contribution in [3.05, 3.63) is 12.2 Å². The third-order valence-corrected chi connectivity index (χ3v) is 2.98. The van der Waals surface area contributed by atoms with Crippen LogP contribution in [0, 0.1) is 0 Å². The van der Waals surface area contributed by atoms with Gasteiger partial charge in [0, 0.05) is 12.5 Å². The fourth-order valence-corrected chi connectivity index (χ4v) is 1.92. The van der Waals surface area contributed by atoms with Gasteiger partial charge in [0.15, 0.2) is 0 Å². The molecule has 0 aliphatic carbocycles. The molecule has 0 heterocycles. The number of hydrogen-bond donors (Lipinski definition) is 0. The van der Waals surface area contributed by atoms with Crippen molar-refractivity contribution in [1.29, 1.82) is 0 Å². The molecule has 0 fully saturated rings. The van der Waals surface area contributed by atoms with E-state index in [2.05, 4.69) is 0 Å². The van der Waals surface area contributed by atoms with Crippen LogP contribution in [0.4, 0.5) is 0 Å². The minimum absolute atomic E-state index is 0.238. The Morgan fingerprint density at radius 1 is 0.895 bits per heavy atom. The van der Waals surface area contributed by atoms with Gasteiger partial charge in [0.2, 0.25) is 0 Å². The standard InChI is InChI=1S/C16H28O3/c1-2-19-16(18)14-12-10-8-6-4-3-5-7-9-11-13-15-17/h12,14-15H,2-11,13H2,1H3/b14-12-. The zero-order chi connectivity index (χ0) is 14.2. The maximum absolute atomic E-state index is 11.0. The van der Waals surface area contributed by atoms with E-state index >= 15 is 0 Å². The molecule has 0 atom stereocenters. The maximum Gasteiger partial charge on any atom is 0.330 e. The van der Waals surface area contributed by atoms with Crippen molar-refractivity contribution in [2.24, 2.45) is 0 Å². The van der Waals surface area contributed by atoms with E-state index in [4.69, 9.17) is 4.74 Å². The number of unbranched alkanes of at least 4 members (excludes halogenated alkanes) is 9. The van der Waals surface area contributed by atoms with Crippen LogP contribution in [0.15, 0.2) is 12.2 Å². The molecule has 0 aliphatic rings. The van der Waals surface area contributed by atoms with Crippen LogP contribution in [0.25, 0.3) is 0 Å². The summed E-state index contributed by atoms with van der Waals surface area (Å²) in [6.45, 7) is 2.25. The predicted octanol–water partition coefficient (Wildman–Crippen LogP) is 4.21. The van der Waals surface area contributed by atoms with Gasteiger partial charge in [-0.3, -0.25) is 0 Å². The Morgan fingerprint density at radius 3 is 1.95 bits per heavy atom. The van der Waals surface area contributed by atoms with Crippen LogP contribution in [0.3, 0.4) is 0 Å². The Morgan fingerprint density at radius 2 is 1.42 bits per heavy atom. The number of hydrogen-bond acceptors (Lipinski definition) is 3. The van der Waals surface area contributed by atoms with Gasteiger partial charge in [0.1, 0.15) is 6.29 Å². The van der Waals surface area contributed by atoms with Crippen LogP contribution in [0.5, 0.6) is 0 Å². The van der Waals surface area contributed by atoms with Gasteiger partial charge in [-0.2, -0.15) is 0 Å². The first kappa shape index (κ1) is 17.9. The molecule has 0 bridgehead atoms. The number of allylic oxidation sites excluding steroid dienone is 1. The average molecular weight is 268 g/mol. The second kappa shape index (κ2) is 14.9. The number of rotatable bonds is 13. The third kappa shape index (κ3) is 14.8. The molecule has 0 saturated carbocycles. The average Bonchev–Trinajstić information content (AvgIpc) is 2.40. The Labute approximate surface area is 117 Å². The zero-order valence-corrected chi connectivity index (χ0v) is 12.2. The van der Waals surface area contributed by atoms with Gasteiger partial charge in [-0.15, -0.1) is 0 Å². The second-order valence-corrected chi connectivity index (χ2v) is 4.73. The van der Waals surface area contributed by atoms with Crippen molar-refractivity contribution in [3.8, 4) is 0 Å². The zero-order valence-electron chi connectivity index (χ0n) is 12.2. The molecule has 3 heteroatoms. The molecule has 0 rings (SSSR count). The number of aldehydes is 1. The summed E-state index contributed by atoms with van der Waals surface area (Å²) in [5.41, 5.74) is 0. The first-order valence-corrected chi connectivity index (χ1v) is 7.58. The molecular weight excluding hydrogens is 240 g/mol. The third-order valence-electron chi connectivity index (χ3n) is 2.98. The minimum atomic E-state index is -0.238. The highest BCUT2D eigenvalue weighted by Crippen LogP contribution is 2.10. The topological polar surface area (TPSA) is 43.4 Å². The van der Waals surface area contributed by atoms with Gasteiger partial charge in [0.05, 0.1) is 6.61 Å². The molecule has 0 aromatic carbocycles. The van der Waals surface area contributed by atoms with E-state index in [1.165, 1.54) is 44.6 Å². The summed E-state index contributed by atoms with van der Waals surface area (Å²) < 4.78 is 4.79. The Balaban J connectivity index is 3.14. The molecule has 3 nitrogen and oxygen atoms in total. The Bertz CT molecular complexity index is 246. The molecule has 0 aromatic heterocycles. The van der Waals surface area contributed by atoms with E-state index in [-0.39, 0.29) is 5.97 Å². The van der Waals surface area contributed by atoms with Gasteiger partial charge in [0.25, 0.3) is 0 Å². The molecule has 110 valence electrons. The first-order valence-electron chi connectivity index (χ1n) is 7.58. The van der Waals surface area contributed by atoms with E-state index < -0.39 is 0 Å². The summed E-state index contributed by atoms with van der Waals surface area (Å²) in [5.74, 6) is -0.238. The summed E-state index contributed by atoms with van der Waals surface area (Å²) in [5, 5.41) is 0. The number of carbonyl (C=O) groups is 2. The van der Waals surface area contributed by atoms with Gasteiger partial charge in [-0.1, -0.05) is 44.6 Å². The maximum atomic E-state index is 11.0. The predicted molar refractivity (Wildman–Crippen MR) is 78.0 cm³/mol. The quantitative estimate of drug-likeness (QED) is 0.217. The smallest absolute Gasteiger partial charge is 0.330 e. The van der Waals surface area contributed by atoms with Crippen molar-refractivity contribution in [1.82, 2.24) is 0 Å². The van der Waals surface area contributed by atoms with Gasteiger partial charge < -0.3 is 9.53 Å².